The summed E-state index contributed by atoms with van der Waals surface area (Å²) in [7, 11) is 0. The number of rotatable bonds is 5. The second kappa shape index (κ2) is 6.78. The van der Waals surface area contributed by atoms with Crippen molar-refractivity contribution in [1.29, 1.82) is 0 Å². The summed E-state index contributed by atoms with van der Waals surface area (Å²) in [6, 6.07) is 8.43. The summed E-state index contributed by atoms with van der Waals surface area (Å²) in [5.74, 6) is -0.747. The van der Waals surface area contributed by atoms with Crippen LogP contribution >= 0.6 is 0 Å². The third kappa shape index (κ3) is 3.26. The molecule has 0 bridgehead atoms. The molecule has 136 valence electrons. The third-order valence-corrected chi connectivity index (χ3v) is 4.23. The molecule has 2 amide bonds. The van der Waals surface area contributed by atoms with E-state index in [0.29, 0.717) is 24.0 Å². The first-order valence-corrected chi connectivity index (χ1v) is 8.02. The van der Waals surface area contributed by atoms with E-state index in [1.54, 1.807) is 24.3 Å². The summed E-state index contributed by atoms with van der Waals surface area (Å²) in [5.41, 5.74) is -1.60. The zero-order valence-electron chi connectivity index (χ0n) is 13.6. The fourth-order valence-corrected chi connectivity index (χ4v) is 2.92. The van der Waals surface area contributed by atoms with Crippen molar-refractivity contribution in [2.75, 3.05) is 6.54 Å². The Balaban J connectivity index is 1.60. The molecule has 0 spiro atoms. The topological polar surface area (TPSA) is 59.4 Å². The molecule has 1 aliphatic heterocycles. The van der Waals surface area contributed by atoms with Gasteiger partial charge in [0.2, 0.25) is 0 Å². The second-order valence-corrected chi connectivity index (χ2v) is 5.93. The average Bonchev–Trinajstić information content (AvgIpc) is 2.84. The van der Waals surface area contributed by atoms with E-state index in [1.807, 2.05) is 0 Å². The average molecular weight is 364 g/mol. The van der Waals surface area contributed by atoms with Crippen LogP contribution in [0.4, 0.5) is 13.2 Å². The number of fused-ring (bicyclic) bond motifs is 1. The van der Waals surface area contributed by atoms with Crippen molar-refractivity contribution in [3.05, 3.63) is 69.6 Å². The number of aromatic nitrogens is 1. The van der Waals surface area contributed by atoms with Crippen LogP contribution in [0, 0.1) is 0 Å². The van der Waals surface area contributed by atoms with Crippen LogP contribution in [0.5, 0.6) is 0 Å². The molecule has 26 heavy (non-hydrogen) atoms. The molecule has 5 nitrogen and oxygen atoms in total. The lowest BCUT2D eigenvalue weighted by Crippen LogP contribution is -2.31. The molecule has 2 aromatic rings. The Hall–Kier alpha value is -2.90. The fourth-order valence-electron chi connectivity index (χ4n) is 2.92. The molecule has 0 fully saturated rings. The predicted octanol–water partition coefficient (Wildman–Crippen LogP) is 2.94. The normalized spacial score (nSPS) is 14.0. The molecule has 2 heterocycles. The van der Waals surface area contributed by atoms with E-state index in [2.05, 4.69) is 0 Å². The molecule has 0 saturated carbocycles. The summed E-state index contributed by atoms with van der Waals surface area (Å²) in [6.45, 7) is 0.228. The highest BCUT2D eigenvalue weighted by atomic mass is 19.4. The Bertz CT molecular complexity index is 883. The minimum atomic E-state index is -4.69. The van der Waals surface area contributed by atoms with Crippen LogP contribution in [0.1, 0.15) is 39.1 Å². The van der Waals surface area contributed by atoms with E-state index in [-0.39, 0.29) is 24.9 Å². The van der Waals surface area contributed by atoms with Crippen LogP contribution in [0.3, 0.4) is 0 Å². The van der Waals surface area contributed by atoms with Gasteiger partial charge in [0, 0.05) is 19.3 Å². The molecule has 0 aliphatic carbocycles. The fraction of sp³-hybridized carbons (Fsp3) is 0.278. The monoisotopic (exact) mass is 364 g/mol. The van der Waals surface area contributed by atoms with Gasteiger partial charge in [0.15, 0.2) is 0 Å². The number of pyridine rings is 1. The van der Waals surface area contributed by atoms with Crippen molar-refractivity contribution in [2.24, 2.45) is 0 Å². The number of hydrogen-bond donors (Lipinski definition) is 0. The van der Waals surface area contributed by atoms with Gasteiger partial charge < -0.3 is 4.57 Å². The molecule has 0 N–H and O–H groups in total. The summed E-state index contributed by atoms with van der Waals surface area (Å²) in [4.78, 5) is 37.4. The Kier molecular flexibility index (Phi) is 4.67. The van der Waals surface area contributed by atoms with Gasteiger partial charge >= 0.3 is 6.18 Å². The molecule has 0 unspecified atom stereocenters. The first-order valence-electron chi connectivity index (χ1n) is 8.02. The summed E-state index contributed by atoms with van der Waals surface area (Å²) in [6.07, 6.45) is -2.66. The second-order valence-electron chi connectivity index (χ2n) is 5.93. The molecule has 0 atom stereocenters. The first-order chi connectivity index (χ1) is 12.3. The molecule has 1 aromatic carbocycles. The maximum absolute atomic E-state index is 12.7. The van der Waals surface area contributed by atoms with Crippen LogP contribution in [0.2, 0.25) is 0 Å². The van der Waals surface area contributed by atoms with Crippen molar-refractivity contribution < 1.29 is 22.8 Å². The molecular formula is C18H15F3N2O3. The van der Waals surface area contributed by atoms with E-state index in [4.69, 9.17) is 0 Å². The number of benzene rings is 1. The van der Waals surface area contributed by atoms with Crippen LogP contribution in [-0.4, -0.2) is 27.8 Å². The maximum atomic E-state index is 12.7. The van der Waals surface area contributed by atoms with Gasteiger partial charge in [-0.15, -0.1) is 0 Å². The lowest BCUT2D eigenvalue weighted by Gasteiger charge is -2.14. The van der Waals surface area contributed by atoms with Crippen molar-refractivity contribution >= 4 is 11.8 Å². The number of amides is 2. The Labute approximate surface area is 146 Å². The maximum Gasteiger partial charge on any atom is 0.421 e. The van der Waals surface area contributed by atoms with Crippen molar-refractivity contribution in [1.82, 2.24) is 9.47 Å². The Morgan fingerprint density at radius 2 is 1.38 bits per heavy atom. The van der Waals surface area contributed by atoms with Gasteiger partial charge in [0.1, 0.15) is 5.56 Å². The predicted molar refractivity (Wildman–Crippen MR) is 86.7 cm³/mol. The van der Waals surface area contributed by atoms with Crippen LogP contribution in [0.25, 0.3) is 0 Å². The van der Waals surface area contributed by atoms with Gasteiger partial charge in [-0.25, -0.2) is 0 Å². The summed E-state index contributed by atoms with van der Waals surface area (Å²) in [5, 5.41) is 0. The lowest BCUT2D eigenvalue weighted by molar-refractivity contribution is -0.139. The number of carbonyl (C=O) groups excluding carboxylic acids is 2. The van der Waals surface area contributed by atoms with Gasteiger partial charge in [0.25, 0.3) is 17.4 Å². The molecule has 8 heteroatoms. The number of carbonyl (C=O) groups is 2. The molecule has 1 aromatic heterocycles. The molecule has 0 saturated heterocycles. The highest BCUT2D eigenvalue weighted by molar-refractivity contribution is 6.21. The third-order valence-electron chi connectivity index (χ3n) is 4.23. The minimum Gasteiger partial charge on any atom is -0.315 e. The number of hydrogen-bond acceptors (Lipinski definition) is 3. The van der Waals surface area contributed by atoms with Crippen molar-refractivity contribution in [3.63, 3.8) is 0 Å². The van der Waals surface area contributed by atoms with Gasteiger partial charge in [-0.3, -0.25) is 19.3 Å². The number of nitrogens with zero attached hydrogens (tertiary/aromatic N) is 2. The van der Waals surface area contributed by atoms with Crippen LogP contribution < -0.4 is 5.56 Å². The number of aryl methyl sites for hydroxylation is 1. The summed E-state index contributed by atoms with van der Waals surface area (Å²) < 4.78 is 39.2. The Morgan fingerprint density at radius 3 is 1.96 bits per heavy atom. The smallest absolute Gasteiger partial charge is 0.315 e. The van der Waals surface area contributed by atoms with Crippen molar-refractivity contribution in [2.45, 2.75) is 25.6 Å². The van der Waals surface area contributed by atoms with E-state index >= 15 is 0 Å². The highest BCUT2D eigenvalue weighted by Gasteiger charge is 2.35. The largest absolute Gasteiger partial charge is 0.421 e. The number of alkyl halides is 3. The van der Waals surface area contributed by atoms with E-state index in [9.17, 15) is 27.6 Å². The standard InChI is InChI=1S/C18H15F3N2O3/c19-18(20,21)14-8-5-10-22(17(14)26)9-3-4-11-23-15(24)12-6-1-2-7-13(12)16(23)25/h1-2,5-8,10H,3-4,9,11H2. The molecule has 0 radical (unpaired) electrons. The zero-order valence-corrected chi connectivity index (χ0v) is 13.6. The minimum absolute atomic E-state index is 0.0753. The van der Waals surface area contributed by atoms with Crippen LogP contribution in [0.15, 0.2) is 47.4 Å². The van der Waals surface area contributed by atoms with Gasteiger partial charge in [-0.1, -0.05) is 12.1 Å². The summed E-state index contributed by atoms with van der Waals surface area (Å²) >= 11 is 0. The Morgan fingerprint density at radius 1 is 0.808 bits per heavy atom. The zero-order chi connectivity index (χ0) is 18.9. The SMILES string of the molecule is O=C1c2ccccc2C(=O)N1CCCCn1cccc(C(F)(F)F)c1=O. The number of imide groups is 1. The molecular weight excluding hydrogens is 349 g/mol. The van der Waals surface area contributed by atoms with E-state index in [0.717, 1.165) is 15.5 Å². The number of unbranched alkanes of at least 4 members (excludes halogenated alkanes) is 1. The van der Waals surface area contributed by atoms with Gasteiger partial charge in [-0.2, -0.15) is 13.2 Å². The molecule has 3 rings (SSSR count). The number of halogens is 3. The van der Waals surface area contributed by atoms with Gasteiger partial charge in [0.05, 0.1) is 11.1 Å². The van der Waals surface area contributed by atoms with E-state index in [1.165, 1.54) is 12.3 Å². The van der Waals surface area contributed by atoms with Gasteiger partial charge in [-0.05, 0) is 37.1 Å². The van der Waals surface area contributed by atoms with Crippen LogP contribution in [-0.2, 0) is 12.7 Å². The lowest BCUT2D eigenvalue weighted by atomic mass is 10.1. The quantitative estimate of drug-likeness (QED) is 0.605. The van der Waals surface area contributed by atoms with Crippen molar-refractivity contribution in [3.8, 4) is 0 Å². The highest BCUT2D eigenvalue weighted by Crippen LogP contribution is 2.26. The van der Waals surface area contributed by atoms with E-state index < -0.39 is 17.3 Å². The molecule has 1 aliphatic rings. The first kappa shape index (κ1) is 17.9.